The van der Waals surface area contributed by atoms with Gasteiger partial charge in [0.25, 0.3) is 0 Å². The zero-order chi connectivity index (χ0) is 19.8. The first kappa shape index (κ1) is 19.8. The van der Waals surface area contributed by atoms with Crippen LogP contribution in [-0.2, 0) is 9.59 Å². The molecule has 0 bridgehead atoms. The van der Waals surface area contributed by atoms with E-state index in [-0.39, 0.29) is 24.8 Å². The standard InChI is InChI=1S/C20H21N3O4/c1-14(24)23(17-7-5-4-6-15(17)13-21)11-10-20(25)22-16-8-9-18(26-2)19(12-16)27-3/h4-9,12H,10-11H2,1-3H3,(H,22,25). The summed E-state index contributed by atoms with van der Waals surface area (Å²) in [7, 11) is 3.05. The first-order chi connectivity index (χ1) is 13.0. The van der Waals surface area contributed by atoms with E-state index in [1.165, 1.54) is 26.0 Å². The van der Waals surface area contributed by atoms with Crippen molar-refractivity contribution in [1.29, 1.82) is 5.26 Å². The Morgan fingerprint density at radius 3 is 2.44 bits per heavy atom. The first-order valence-corrected chi connectivity index (χ1v) is 8.29. The van der Waals surface area contributed by atoms with Crippen molar-refractivity contribution in [3.8, 4) is 17.6 Å². The molecule has 0 aliphatic heterocycles. The normalized spacial score (nSPS) is 9.85. The molecule has 0 fully saturated rings. The van der Waals surface area contributed by atoms with Crippen LogP contribution in [0.4, 0.5) is 11.4 Å². The highest BCUT2D eigenvalue weighted by Gasteiger charge is 2.17. The lowest BCUT2D eigenvalue weighted by molar-refractivity contribution is -0.117. The van der Waals surface area contributed by atoms with Gasteiger partial charge in [0, 0.05) is 31.6 Å². The van der Waals surface area contributed by atoms with E-state index in [0.717, 1.165) is 0 Å². The lowest BCUT2D eigenvalue weighted by atomic mass is 10.1. The Balaban J connectivity index is 2.07. The highest BCUT2D eigenvalue weighted by atomic mass is 16.5. The second-order valence-corrected chi connectivity index (χ2v) is 5.67. The van der Waals surface area contributed by atoms with Gasteiger partial charge in [0.15, 0.2) is 11.5 Å². The fraction of sp³-hybridized carbons (Fsp3) is 0.250. The highest BCUT2D eigenvalue weighted by Crippen LogP contribution is 2.29. The van der Waals surface area contributed by atoms with Crippen molar-refractivity contribution in [2.24, 2.45) is 0 Å². The molecule has 7 heteroatoms. The minimum Gasteiger partial charge on any atom is -0.493 e. The number of ether oxygens (including phenoxy) is 2. The van der Waals surface area contributed by atoms with E-state index in [9.17, 15) is 14.9 Å². The molecule has 2 aromatic carbocycles. The van der Waals surface area contributed by atoms with Crippen molar-refractivity contribution in [3.63, 3.8) is 0 Å². The summed E-state index contributed by atoms with van der Waals surface area (Å²) in [5, 5.41) is 12.0. The Labute approximate surface area is 158 Å². The molecule has 2 rings (SSSR count). The number of carbonyl (C=O) groups is 2. The van der Waals surface area contributed by atoms with Crippen molar-refractivity contribution in [2.45, 2.75) is 13.3 Å². The summed E-state index contributed by atoms with van der Waals surface area (Å²) >= 11 is 0. The third kappa shape index (κ3) is 4.98. The van der Waals surface area contributed by atoms with Crippen molar-refractivity contribution >= 4 is 23.2 Å². The van der Waals surface area contributed by atoms with Crippen molar-refractivity contribution < 1.29 is 19.1 Å². The molecule has 0 aliphatic carbocycles. The van der Waals surface area contributed by atoms with Gasteiger partial charge >= 0.3 is 0 Å². The number of rotatable bonds is 7. The topological polar surface area (TPSA) is 91.7 Å². The molecule has 1 N–H and O–H groups in total. The fourth-order valence-corrected chi connectivity index (χ4v) is 2.60. The molecule has 0 radical (unpaired) electrons. The van der Waals surface area contributed by atoms with Gasteiger partial charge in [-0.15, -0.1) is 0 Å². The highest BCUT2D eigenvalue weighted by molar-refractivity contribution is 5.95. The summed E-state index contributed by atoms with van der Waals surface area (Å²) in [6, 6.07) is 13.9. The number of nitrogens with one attached hydrogen (secondary N) is 1. The Bertz CT molecular complexity index is 874. The molecule has 0 unspecified atom stereocenters. The molecule has 2 aromatic rings. The summed E-state index contributed by atoms with van der Waals surface area (Å²) in [6.07, 6.45) is 0.0771. The molecular weight excluding hydrogens is 346 g/mol. The Morgan fingerprint density at radius 1 is 1.11 bits per heavy atom. The van der Waals surface area contributed by atoms with Crippen molar-refractivity contribution in [1.82, 2.24) is 0 Å². The summed E-state index contributed by atoms with van der Waals surface area (Å²) in [5.41, 5.74) is 1.43. The minimum atomic E-state index is -0.261. The number of hydrogen-bond acceptors (Lipinski definition) is 5. The van der Waals surface area contributed by atoms with E-state index < -0.39 is 0 Å². The van der Waals surface area contributed by atoms with Crippen LogP contribution in [-0.4, -0.2) is 32.6 Å². The van der Waals surface area contributed by atoms with E-state index in [1.807, 2.05) is 0 Å². The van der Waals surface area contributed by atoms with Crippen molar-refractivity contribution in [3.05, 3.63) is 48.0 Å². The van der Waals surface area contributed by atoms with Crippen LogP contribution in [0.5, 0.6) is 11.5 Å². The first-order valence-electron chi connectivity index (χ1n) is 8.29. The molecule has 0 spiro atoms. The number of methoxy groups -OCH3 is 2. The Hall–Kier alpha value is -3.53. The molecule has 27 heavy (non-hydrogen) atoms. The Kier molecular flexibility index (Phi) is 6.78. The maximum Gasteiger partial charge on any atom is 0.226 e. The SMILES string of the molecule is COc1ccc(NC(=O)CCN(C(C)=O)c2ccccc2C#N)cc1OC. The summed E-state index contributed by atoms with van der Waals surface area (Å²) < 4.78 is 10.4. The van der Waals surface area contributed by atoms with Crippen LogP contribution in [0.3, 0.4) is 0 Å². The fourth-order valence-electron chi connectivity index (χ4n) is 2.60. The predicted octanol–water partition coefficient (Wildman–Crippen LogP) is 2.96. The molecule has 140 valence electrons. The number of nitrogens with zero attached hydrogens (tertiary/aromatic N) is 2. The number of benzene rings is 2. The molecule has 0 saturated carbocycles. The van der Waals surface area contributed by atoms with Gasteiger partial charge in [0.2, 0.25) is 11.8 Å². The molecule has 7 nitrogen and oxygen atoms in total. The van der Waals surface area contributed by atoms with Gasteiger partial charge in [-0.25, -0.2) is 0 Å². The summed E-state index contributed by atoms with van der Waals surface area (Å²) in [5.74, 6) is 0.564. The average Bonchev–Trinajstić information content (AvgIpc) is 2.68. The second kappa shape index (κ2) is 9.25. The van der Waals surface area contributed by atoms with Gasteiger partial charge in [0.1, 0.15) is 6.07 Å². The molecule has 0 heterocycles. The van der Waals surface area contributed by atoms with Gasteiger partial charge < -0.3 is 19.7 Å². The van der Waals surface area contributed by atoms with E-state index in [4.69, 9.17) is 9.47 Å². The molecular formula is C20H21N3O4. The van der Waals surface area contributed by atoms with Crippen LogP contribution in [0.1, 0.15) is 18.9 Å². The van der Waals surface area contributed by atoms with Gasteiger partial charge in [-0.1, -0.05) is 12.1 Å². The maximum atomic E-state index is 12.3. The number of amides is 2. The van der Waals surface area contributed by atoms with Crippen LogP contribution < -0.4 is 19.7 Å². The van der Waals surface area contributed by atoms with Gasteiger partial charge in [0.05, 0.1) is 25.5 Å². The molecule has 0 atom stereocenters. The van der Waals surface area contributed by atoms with E-state index in [0.29, 0.717) is 28.4 Å². The molecule has 0 aromatic heterocycles. The summed E-state index contributed by atoms with van der Waals surface area (Å²) in [6.45, 7) is 1.56. The number of carbonyl (C=O) groups excluding carboxylic acids is 2. The molecule has 0 saturated heterocycles. The van der Waals surface area contributed by atoms with E-state index in [2.05, 4.69) is 11.4 Å². The largest absolute Gasteiger partial charge is 0.493 e. The predicted molar refractivity (Wildman–Crippen MR) is 102 cm³/mol. The monoisotopic (exact) mass is 367 g/mol. The zero-order valence-electron chi connectivity index (χ0n) is 15.5. The number of anilines is 2. The van der Waals surface area contributed by atoms with Crippen molar-refractivity contribution in [2.75, 3.05) is 31.0 Å². The zero-order valence-corrected chi connectivity index (χ0v) is 15.5. The average molecular weight is 367 g/mol. The van der Waals surface area contributed by atoms with Crippen LogP contribution >= 0.6 is 0 Å². The number of nitriles is 1. The van der Waals surface area contributed by atoms with Gasteiger partial charge in [-0.05, 0) is 24.3 Å². The third-order valence-electron chi connectivity index (χ3n) is 3.93. The van der Waals surface area contributed by atoms with Gasteiger partial charge in [-0.2, -0.15) is 5.26 Å². The second-order valence-electron chi connectivity index (χ2n) is 5.67. The number of para-hydroxylation sites is 1. The molecule has 2 amide bonds. The van der Waals surface area contributed by atoms with E-state index >= 15 is 0 Å². The van der Waals surface area contributed by atoms with Crippen LogP contribution in [0.25, 0.3) is 0 Å². The minimum absolute atomic E-state index is 0.0771. The van der Waals surface area contributed by atoms with Crippen LogP contribution in [0, 0.1) is 11.3 Å². The molecule has 0 aliphatic rings. The summed E-state index contributed by atoms with van der Waals surface area (Å²) in [4.78, 5) is 25.7. The van der Waals surface area contributed by atoms with Crippen LogP contribution in [0.15, 0.2) is 42.5 Å². The lowest BCUT2D eigenvalue weighted by Crippen LogP contribution is -2.32. The number of hydrogen-bond donors (Lipinski definition) is 1. The third-order valence-corrected chi connectivity index (χ3v) is 3.93. The van der Waals surface area contributed by atoms with Crippen LogP contribution in [0.2, 0.25) is 0 Å². The maximum absolute atomic E-state index is 12.3. The quantitative estimate of drug-likeness (QED) is 0.812. The smallest absolute Gasteiger partial charge is 0.226 e. The Morgan fingerprint density at radius 2 is 1.81 bits per heavy atom. The lowest BCUT2D eigenvalue weighted by Gasteiger charge is -2.22. The van der Waals surface area contributed by atoms with Gasteiger partial charge in [-0.3, -0.25) is 9.59 Å². The van der Waals surface area contributed by atoms with E-state index in [1.54, 1.807) is 42.5 Å².